The molecule has 0 bridgehead atoms. The predicted molar refractivity (Wildman–Crippen MR) is 99.1 cm³/mol. The number of hydrogen-bond donors (Lipinski definition) is 2. The topological polar surface area (TPSA) is 89.4 Å². The Balaban J connectivity index is 1.56. The second kappa shape index (κ2) is 7.65. The second-order valence-electron chi connectivity index (χ2n) is 6.74. The van der Waals surface area contributed by atoms with Crippen LogP contribution in [0.5, 0.6) is 0 Å². The van der Waals surface area contributed by atoms with Crippen LogP contribution in [-0.2, 0) is 9.53 Å². The second-order valence-corrected chi connectivity index (χ2v) is 6.74. The summed E-state index contributed by atoms with van der Waals surface area (Å²) in [5.41, 5.74) is 7.32. The first kappa shape index (κ1) is 18.7. The first-order valence-electron chi connectivity index (χ1n) is 8.93. The SMILES string of the molecule is Cc1cc(C(=O)O[C@@H](C)C(=O)NNC(=O)c2ccccc2)c(C)n1C1CC1. The molecule has 1 atom stereocenters. The van der Waals surface area contributed by atoms with Crippen LogP contribution in [-0.4, -0.2) is 28.5 Å². The number of nitrogens with zero attached hydrogens (tertiary/aromatic N) is 1. The highest BCUT2D eigenvalue weighted by Gasteiger charge is 2.29. The molecule has 0 saturated heterocycles. The first-order valence-corrected chi connectivity index (χ1v) is 8.93. The Kier molecular flexibility index (Phi) is 5.30. The van der Waals surface area contributed by atoms with Crippen LogP contribution in [0.2, 0.25) is 0 Å². The molecular weight excluding hydrogens is 346 g/mol. The molecule has 7 heteroatoms. The number of carbonyl (C=O) groups is 3. The van der Waals surface area contributed by atoms with Crippen LogP contribution in [0.3, 0.4) is 0 Å². The van der Waals surface area contributed by atoms with Gasteiger partial charge in [0, 0.05) is 23.0 Å². The molecular formula is C20H23N3O4. The maximum absolute atomic E-state index is 12.4. The number of benzene rings is 1. The standard InChI is InChI=1S/C20H23N3O4/c1-12-11-17(13(2)23(12)16-9-10-16)20(26)27-14(3)18(24)21-22-19(25)15-7-5-4-6-8-15/h4-8,11,14,16H,9-10H2,1-3H3,(H,21,24)(H,22,25)/t14-/m0/s1. The zero-order valence-electron chi connectivity index (χ0n) is 15.6. The van der Waals surface area contributed by atoms with Crippen LogP contribution in [0.25, 0.3) is 0 Å². The maximum Gasteiger partial charge on any atom is 0.340 e. The molecule has 0 radical (unpaired) electrons. The number of rotatable bonds is 5. The molecule has 7 nitrogen and oxygen atoms in total. The van der Waals surface area contributed by atoms with E-state index >= 15 is 0 Å². The molecule has 2 amide bonds. The van der Waals surface area contributed by atoms with E-state index < -0.39 is 23.9 Å². The third-order valence-corrected chi connectivity index (χ3v) is 4.60. The van der Waals surface area contributed by atoms with Crippen LogP contribution in [0.4, 0.5) is 0 Å². The summed E-state index contributed by atoms with van der Waals surface area (Å²) in [6, 6.07) is 10.7. The van der Waals surface area contributed by atoms with E-state index in [0.29, 0.717) is 17.2 Å². The van der Waals surface area contributed by atoms with Gasteiger partial charge in [0.15, 0.2) is 6.10 Å². The number of hydrazine groups is 1. The van der Waals surface area contributed by atoms with Gasteiger partial charge >= 0.3 is 5.97 Å². The van der Waals surface area contributed by atoms with Crippen LogP contribution >= 0.6 is 0 Å². The molecule has 2 N–H and O–H groups in total. The Hall–Kier alpha value is -3.09. The summed E-state index contributed by atoms with van der Waals surface area (Å²) in [5, 5.41) is 0. The molecule has 1 aromatic heterocycles. The van der Waals surface area contributed by atoms with E-state index in [4.69, 9.17) is 4.74 Å². The number of aryl methyl sites for hydroxylation is 1. The van der Waals surface area contributed by atoms with E-state index in [9.17, 15) is 14.4 Å². The summed E-state index contributed by atoms with van der Waals surface area (Å²) in [5.74, 6) is -1.61. The van der Waals surface area contributed by atoms with E-state index in [2.05, 4.69) is 15.4 Å². The lowest BCUT2D eigenvalue weighted by Crippen LogP contribution is -2.46. The largest absolute Gasteiger partial charge is 0.449 e. The third-order valence-electron chi connectivity index (χ3n) is 4.60. The summed E-state index contributed by atoms with van der Waals surface area (Å²) in [4.78, 5) is 36.5. The Labute approximate surface area is 157 Å². The van der Waals surface area contributed by atoms with Crippen molar-refractivity contribution in [3.63, 3.8) is 0 Å². The number of nitrogens with one attached hydrogen (secondary N) is 2. The van der Waals surface area contributed by atoms with Gasteiger partial charge in [0.25, 0.3) is 11.8 Å². The molecule has 0 spiro atoms. The Morgan fingerprint density at radius 2 is 1.78 bits per heavy atom. The van der Waals surface area contributed by atoms with Crippen molar-refractivity contribution >= 4 is 17.8 Å². The lowest BCUT2D eigenvalue weighted by molar-refractivity contribution is -0.129. The Morgan fingerprint density at radius 3 is 2.41 bits per heavy atom. The predicted octanol–water partition coefficient (Wildman–Crippen LogP) is 2.45. The molecule has 1 aliphatic carbocycles. The average molecular weight is 369 g/mol. The third kappa shape index (κ3) is 4.19. The molecule has 1 heterocycles. The molecule has 27 heavy (non-hydrogen) atoms. The zero-order chi connectivity index (χ0) is 19.6. The van der Waals surface area contributed by atoms with Crippen molar-refractivity contribution in [3.05, 3.63) is 58.9 Å². The summed E-state index contributed by atoms with van der Waals surface area (Å²) in [6.07, 6.45) is 1.19. The molecule has 1 aliphatic rings. The normalized spacial score (nSPS) is 14.3. The van der Waals surface area contributed by atoms with Gasteiger partial charge in [0.05, 0.1) is 5.56 Å². The molecule has 0 unspecified atom stereocenters. The van der Waals surface area contributed by atoms with Crippen LogP contribution in [0.1, 0.15) is 57.9 Å². The highest BCUT2D eigenvalue weighted by Crippen LogP contribution is 2.38. The Morgan fingerprint density at radius 1 is 1.11 bits per heavy atom. The van der Waals surface area contributed by atoms with Crippen LogP contribution in [0, 0.1) is 13.8 Å². The minimum atomic E-state index is -1.04. The average Bonchev–Trinajstić information content (AvgIpc) is 3.44. The molecule has 3 rings (SSSR count). The highest BCUT2D eigenvalue weighted by molar-refractivity contribution is 5.96. The van der Waals surface area contributed by atoms with Gasteiger partial charge in [-0.25, -0.2) is 4.79 Å². The van der Waals surface area contributed by atoms with Crippen molar-refractivity contribution in [1.29, 1.82) is 0 Å². The molecule has 1 aromatic carbocycles. The zero-order valence-corrected chi connectivity index (χ0v) is 15.6. The van der Waals surface area contributed by atoms with E-state index in [-0.39, 0.29) is 0 Å². The van der Waals surface area contributed by atoms with Gasteiger partial charge in [0.1, 0.15) is 0 Å². The van der Waals surface area contributed by atoms with Gasteiger partial charge in [-0.05, 0) is 51.8 Å². The molecule has 2 aromatic rings. The maximum atomic E-state index is 12.4. The van der Waals surface area contributed by atoms with Crippen LogP contribution in [0.15, 0.2) is 36.4 Å². The molecule has 142 valence electrons. The van der Waals surface area contributed by atoms with Gasteiger partial charge < -0.3 is 9.30 Å². The van der Waals surface area contributed by atoms with Crippen LogP contribution < -0.4 is 10.9 Å². The van der Waals surface area contributed by atoms with Gasteiger partial charge in [0.2, 0.25) is 0 Å². The minimum Gasteiger partial charge on any atom is -0.449 e. The fourth-order valence-corrected chi connectivity index (χ4v) is 3.04. The summed E-state index contributed by atoms with van der Waals surface area (Å²) < 4.78 is 7.41. The van der Waals surface area contributed by atoms with Gasteiger partial charge in [-0.1, -0.05) is 18.2 Å². The molecule has 1 fully saturated rings. The van der Waals surface area contributed by atoms with E-state index in [0.717, 1.165) is 24.2 Å². The van der Waals surface area contributed by atoms with Crippen molar-refractivity contribution in [2.45, 2.75) is 45.8 Å². The fourth-order valence-electron chi connectivity index (χ4n) is 3.04. The van der Waals surface area contributed by atoms with Crippen molar-refractivity contribution in [1.82, 2.24) is 15.4 Å². The Bertz CT molecular complexity index is 869. The van der Waals surface area contributed by atoms with Crippen molar-refractivity contribution in [3.8, 4) is 0 Å². The molecule has 1 saturated carbocycles. The number of hydrogen-bond acceptors (Lipinski definition) is 4. The number of aromatic nitrogens is 1. The minimum absolute atomic E-state index is 0.412. The number of esters is 1. The fraction of sp³-hybridized carbons (Fsp3) is 0.350. The highest BCUT2D eigenvalue weighted by atomic mass is 16.5. The number of ether oxygens (including phenoxy) is 1. The van der Waals surface area contributed by atoms with E-state index in [1.54, 1.807) is 36.4 Å². The summed E-state index contributed by atoms with van der Waals surface area (Å²) in [7, 11) is 0. The quantitative estimate of drug-likeness (QED) is 0.626. The number of carbonyl (C=O) groups excluding carboxylic acids is 3. The smallest absolute Gasteiger partial charge is 0.340 e. The van der Waals surface area contributed by atoms with Gasteiger partial charge in [-0.15, -0.1) is 0 Å². The molecule has 0 aliphatic heterocycles. The lowest BCUT2D eigenvalue weighted by atomic mass is 10.2. The van der Waals surface area contributed by atoms with Crippen molar-refractivity contribution in [2.75, 3.05) is 0 Å². The van der Waals surface area contributed by atoms with Gasteiger partial charge in [-0.2, -0.15) is 0 Å². The van der Waals surface area contributed by atoms with Gasteiger partial charge in [-0.3, -0.25) is 20.4 Å². The monoisotopic (exact) mass is 369 g/mol. The summed E-state index contributed by atoms with van der Waals surface area (Å²) >= 11 is 0. The summed E-state index contributed by atoms with van der Waals surface area (Å²) in [6.45, 7) is 5.30. The number of amides is 2. The lowest BCUT2D eigenvalue weighted by Gasteiger charge is -2.14. The van der Waals surface area contributed by atoms with E-state index in [1.807, 2.05) is 13.8 Å². The van der Waals surface area contributed by atoms with E-state index in [1.165, 1.54) is 6.92 Å². The first-order chi connectivity index (χ1) is 12.9. The van der Waals surface area contributed by atoms with Crippen molar-refractivity contribution < 1.29 is 19.1 Å². The van der Waals surface area contributed by atoms with Crippen molar-refractivity contribution in [2.24, 2.45) is 0 Å².